The van der Waals surface area contributed by atoms with Gasteiger partial charge < -0.3 is 9.47 Å². The second-order valence-corrected chi connectivity index (χ2v) is 9.02. The highest BCUT2D eigenvalue weighted by Crippen LogP contribution is 2.26. The molecule has 0 radical (unpaired) electrons. The number of nitrogens with zero attached hydrogens (tertiary/aromatic N) is 1. The number of esters is 1. The summed E-state index contributed by atoms with van der Waals surface area (Å²) in [6, 6.07) is 13.4. The predicted molar refractivity (Wildman–Crippen MR) is 114 cm³/mol. The van der Waals surface area contributed by atoms with Crippen LogP contribution in [0, 0.1) is 0 Å². The standard InChI is InChI=1S/C22H28N2O5S/c1-28-19-10-6-17(7-11-19)21(24-14-4-3-5-15-24)16-23-30(26,27)20-12-8-18(9-13-20)22(25)29-2/h6-13,21,23H,3-5,14-16H2,1-2H3. The first-order valence-electron chi connectivity index (χ1n) is 10.0. The van der Waals surface area contributed by atoms with Crippen LogP contribution in [0.2, 0.25) is 0 Å². The van der Waals surface area contributed by atoms with Gasteiger partial charge in [0.1, 0.15) is 5.75 Å². The fourth-order valence-electron chi connectivity index (χ4n) is 3.67. The molecule has 0 amide bonds. The summed E-state index contributed by atoms with van der Waals surface area (Å²) in [6.07, 6.45) is 3.41. The molecule has 1 aliphatic heterocycles. The predicted octanol–water partition coefficient (Wildman–Crippen LogP) is 2.99. The number of hydrogen-bond acceptors (Lipinski definition) is 6. The molecule has 162 valence electrons. The van der Waals surface area contributed by atoms with Gasteiger partial charge in [0.05, 0.1) is 24.7 Å². The van der Waals surface area contributed by atoms with Crippen molar-refractivity contribution in [2.24, 2.45) is 0 Å². The minimum atomic E-state index is -3.72. The molecule has 2 aromatic carbocycles. The van der Waals surface area contributed by atoms with Crippen LogP contribution < -0.4 is 9.46 Å². The van der Waals surface area contributed by atoms with Crippen LogP contribution in [0.25, 0.3) is 0 Å². The summed E-state index contributed by atoms with van der Waals surface area (Å²) in [5, 5.41) is 0. The molecule has 1 N–H and O–H groups in total. The van der Waals surface area contributed by atoms with Crippen molar-refractivity contribution in [3.8, 4) is 5.75 Å². The molecular weight excluding hydrogens is 404 g/mol. The van der Waals surface area contributed by atoms with E-state index in [1.54, 1.807) is 7.11 Å². The minimum Gasteiger partial charge on any atom is -0.497 e. The molecule has 1 aliphatic rings. The summed E-state index contributed by atoms with van der Waals surface area (Å²) in [5.41, 5.74) is 1.35. The molecule has 0 bridgehead atoms. The van der Waals surface area contributed by atoms with Crippen LogP contribution in [-0.2, 0) is 14.8 Å². The Morgan fingerprint density at radius 1 is 1.00 bits per heavy atom. The van der Waals surface area contributed by atoms with Crippen LogP contribution in [0.5, 0.6) is 5.75 Å². The Morgan fingerprint density at radius 3 is 2.20 bits per heavy atom. The van der Waals surface area contributed by atoms with E-state index < -0.39 is 16.0 Å². The second kappa shape index (κ2) is 10.1. The molecule has 8 heteroatoms. The fraction of sp³-hybridized carbons (Fsp3) is 0.409. The summed E-state index contributed by atoms with van der Waals surface area (Å²) in [7, 11) is -0.810. The van der Waals surface area contributed by atoms with Crippen molar-refractivity contribution in [1.82, 2.24) is 9.62 Å². The van der Waals surface area contributed by atoms with Crippen molar-refractivity contribution in [1.29, 1.82) is 0 Å². The minimum absolute atomic E-state index is 0.0691. The van der Waals surface area contributed by atoms with Gasteiger partial charge >= 0.3 is 5.97 Å². The number of piperidine rings is 1. The van der Waals surface area contributed by atoms with Gasteiger partial charge in [-0.05, 0) is 67.9 Å². The molecule has 7 nitrogen and oxygen atoms in total. The van der Waals surface area contributed by atoms with Gasteiger partial charge in [-0.15, -0.1) is 0 Å². The van der Waals surface area contributed by atoms with Gasteiger partial charge in [-0.3, -0.25) is 4.90 Å². The first-order chi connectivity index (χ1) is 14.4. The number of methoxy groups -OCH3 is 2. The maximum absolute atomic E-state index is 12.8. The van der Waals surface area contributed by atoms with E-state index >= 15 is 0 Å². The highest BCUT2D eigenvalue weighted by atomic mass is 32.2. The lowest BCUT2D eigenvalue weighted by Crippen LogP contribution is -2.40. The molecule has 0 saturated carbocycles. The average molecular weight is 433 g/mol. The molecule has 0 aliphatic carbocycles. The maximum atomic E-state index is 12.8. The van der Waals surface area contributed by atoms with Crippen molar-refractivity contribution in [3.05, 3.63) is 59.7 Å². The summed E-state index contributed by atoms with van der Waals surface area (Å²) in [4.78, 5) is 14.0. The van der Waals surface area contributed by atoms with E-state index in [2.05, 4.69) is 14.4 Å². The molecule has 2 aromatic rings. The molecule has 1 atom stereocenters. The van der Waals surface area contributed by atoms with E-state index in [4.69, 9.17) is 4.74 Å². The number of carbonyl (C=O) groups excluding carboxylic acids is 1. The van der Waals surface area contributed by atoms with Gasteiger partial charge in [-0.2, -0.15) is 0 Å². The summed E-state index contributed by atoms with van der Waals surface area (Å²) < 4.78 is 38.3. The van der Waals surface area contributed by atoms with E-state index in [0.717, 1.165) is 37.2 Å². The number of benzene rings is 2. The number of rotatable bonds is 8. The van der Waals surface area contributed by atoms with E-state index in [0.29, 0.717) is 5.56 Å². The zero-order valence-electron chi connectivity index (χ0n) is 17.3. The van der Waals surface area contributed by atoms with Gasteiger partial charge in [0.2, 0.25) is 10.0 Å². The number of carbonyl (C=O) groups is 1. The van der Waals surface area contributed by atoms with Crippen LogP contribution in [0.1, 0.15) is 41.2 Å². The zero-order valence-corrected chi connectivity index (χ0v) is 18.2. The Hall–Kier alpha value is -2.42. The number of nitrogens with one attached hydrogen (secondary N) is 1. The lowest BCUT2D eigenvalue weighted by molar-refractivity contribution is 0.0600. The van der Waals surface area contributed by atoms with E-state index in [-0.39, 0.29) is 17.5 Å². The van der Waals surface area contributed by atoms with E-state index in [1.165, 1.54) is 37.8 Å². The Morgan fingerprint density at radius 2 is 1.63 bits per heavy atom. The first-order valence-corrected chi connectivity index (χ1v) is 11.5. The van der Waals surface area contributed by atoms with E-state index in [1.807, 2.05) is 24.3 Å². The SMILES string of the molecule is COC(=O)c1ccc(S(=O)(=O)NCC(c2ccc(OC)cc2)N2CCCCC2)cc1. The topological polar surface area (TPSA) is 84.9 Å². The van der Waals surface area contributed by atoms with Crippen LogP contribution in [-0.4, -0.2) is 53.1 Å². The van der Waals surface area contributed by atoms with Crippen molar-refractivity contribution in [2.45, 2.75) is 30.2 Å². The van der Waals surface area contributed by atoms with Crippen LogP contribution >= 0.6 is 0 Å². The van der Waals surface area contributed by atoms with Gasteiger partial charge in [0.25, 0.3) is 0 Å². The Kier molecular flexibility index (Phi) is 7.47. The fourth-order valence-corrected chi connectivity index (χ4v) is 4.71. The van der Waals surface area contributed by atoms with Crippen molar-refractivity contribution >= 4 is 16.0 Å². The van der Waals surface area contributed by atoms with Gasteiger partial charge in [-0.25, -0.2) is 17.9 Å². The highest BCUT2D eigenvalue weighted by molar-refractivity contribution is 7.89. The van der Waals surface area contributed by atoms with Crippen LogP contribution in [0.4, 0.5) is 0 Å². The quantitative estimate of drug-likeness (QED) is 0.646. The summed E-state index contributed by atoms with van der Waals surface area (Å²) >= 11 is 0. The smallest absolute Gasteiger partial charge is 0.337 e. The lowest BCUT2D eigenvalue weighted by atomic mass is 10.0. The number of sulfonamides is 1. The normalized spacial score (nSPS) is 16.1. The number of ether oxygens (including phenoxy) is 2. The lowest BCUT2D eigenvalue weighted by Gasteiger charge is -2.35. The third kappa shape index (κ3) is 5.38. The van der Waals surface area contributed by atoms with Gasteiger partial charge in [0, 0.05) is 12.6 Å². The highest BCUT2D eigenvalue weighted by Gasteiger charge is 2.25. The molecule has 0 spiro atoms. The van der Waals surface area contributed by atoms with Gasteiger partial charge in [0.15, 0.2) is 0 Å². The largest absolute Gasteiger partial charge is 0.497 e. The molecule has 1 heterocycles. The molecule has 1 unspecified atom stereocenters. The Bertz CT molecular complexity index is 936. The Labute approximate surface area is 178 Å². The van der Waals surface area contributed by atoms with Crippen molar-refractivity contribution < 1.29 is 22.7 Å². The number of likely N-dealkylation sites (tertiary alicyclic amines) is 1. The average Bonchev–Trinajstić information content (AvgIpc) is 2.80. The van der Waals surface area contributed by atoms with E-state index in [9.17, 15) is 13.2 Å². The second-order valence-electron chi connectivity index (χ2n) is 7.25. The molecule has 1 saturated heterocycles. The molecule has 0 aromatic heterocycles. The molecule has 30 heavy (non-hydrogen) atoms. The third-order valence-electron chi connectivity index (χ3n) is 5.38. The Balaban J connectivity index is 1.77. The number of hydrogen-bond donors (Lipinski definition) is 1. The van der Waals surface area contributed by atoms with Crippen molar-refractivity contribution in [2.75, 3.05) is 33.9 Å². The van der Waals surface area contributed by atoms with Crippen molar-refractivity contribution in [3.63, 3.8) is 0 Å². The van der Waals surface area contributed by atoms with Crippen LogP contribution in [0.3, 0.4) is 0 Å². The van der Waals surface area contributed by atoms with Gasteiger partial charge in [-0.1, -0.05) is 18.6 Å². The maximum Gasteiger partial charge on any atom is 0.337 e. The first kappa shape index (κ1) is 22.3. The monoisotopic (exact) mass is 432 g/mol. The zero-order chi connectivity index (χ0) is 21.6. The summed E-state index contributed by atoms with van der Waals surface area (Å²) in [6.45, 7) is 2.13. The van der Waals surface area contributed by atoms with Crippen LogP contribution in [0.15, 0.2) is 53.4 Å². The molecule has 1 fully saturated rings. The molecular formula is C22H28N2O5S. The molecule has 3 rings (SSSR count). The summed E-state index contributed by atoms with van der Waals surface area (Å²) in [5.74, 6) is 0.263. The third-order valence-corrected chi connectivity index (χ3v) is 6.82.